The molecule has 0 radical (unpaired) electrons. The third-order valence-electron chi connectivity index (χ3n) is 4.83. The first-order chi connectivity index (χ1) is 14.7. The van der Waals surface area contributed by atoms with Crippen LogP contribution >= 0.6 is 11.8 Å². The predicted molar refractivity (Wildman–Crippen MR) is 116 cm³/mol. The smallest absolute Gasteiger partial charge is 0.196 e. The number of hydrogen-bond donors (Lipinski definition) is 0. The van der Waals surface area contributed by atoms with Gasteiger partial charge in [0.05, 0.1) is 5.69 Å². The van der Waals surface area contributed by atoms with Crippen molar-refractivity contribution in [2.24, 2.45) is 0 Å². The van der Waals surface area contributed by atoms with Gasteiger partial charge >= 0.3 is 0 Å². The zero-order valence-electron chi connectivity index (χ0n) is 16.2. The molecule has 3 heterocycles. The van der Waals surface area contributed by atoms with Gasteiger partial charge in [-0.3, -0.25) is 4.57 Å². The maximum absolute atomic E-state index is 13.4. The Morgan fingerprint density at radius 2 is 1.73 bits per heavy atom. The third kappa shape index (κ3) is 3.48. The molecule has 0 amide bonds. The zero-order chi connectivity index (χ0) is 20.5. The fourth-order valence-corrected chi connectivity index (χ4v) is 4.21. The van der Waals surface area contributed by atoms with Crippen molar-refractivity contribution >= 4 is 17.4 Å². The molecule has 0 aliphatic heterocycles. The van der Waals surface area contributed by atoms with E-state index >= 15 is 0 Å². The van der Waals surface area contributed by atoms with Crippen molar-refractivity contribution in [3.63, 3.8) is 0 Å². The minimum atomic E-state index is -0.277. The van der Waals surface area contributed by atoms with E-state index in [-0.39, 0.29) is 5.82 Å². The number of halogens is 1. The van der Waals surface area contributed by atoms with E-state index in [2.05, 4.69) is 23.2 Å². The number of thioether (sulfide) groups is 1. The Balaban J connectivity index is 1.51. The zero-order valence-corrected chi connectivity index (χ0v) is 17.1. The Labute approximate surface area is 177 Å². The van der Waals surface area contributed by atoms with E-state index in [4.69, 9.17) is 4.98 Å². The number of pyridine rings is 1. The second kappa shape index (κ2) is 7.76. The summed E-state index contributed by atoms with van der Waals surface area (Å²) in [6.07, 6.45) is 4.04. The SMILES string of the molecule is Cc1cccn2cc(CSc3nnc(-c4ccc(F)cc4)n3-c3ccccc3)nc12. The number of aryl methyl sites for hydroxylation is 1. The Morgan fingerprint density at radius 1 is 0.933 bits per heavy atom. The molecule has 0 saturated heterocycles. The lowest BCUT2D eigenvalue weighted by molar-refractivity contribution is 0.628. The summed E-state index contributed by atoms with van der Waals surface area (Å²) in [5.41, 5.74) is 4.84. The van der Waals surface area contributed by atoms with Gasteiger partial charge in [-0.15, -0.1) is 10.2 Å². The summed E-state index contributed by atoms with van der Waals surface area (Å²) >= 11 is 1.57. The number of aromatic nitrogens is 5. The average molecular weight is 415 g/mol. The van der Waals surface area contributed by atoms with Crippen LogP contribution in [-0.2, 0) is 5.75 Å². The van der Waals surface area contributed by atoms with Crippen LogP contribution in [0.5, 0.6) is 0 Å². The first-order valence-electron chi connectivity index (χ1n) is 9.52. The highest BCUT2D eigenvalue weighted by atomic mass is 32.2. The minimum Gasteiger partial charge on any atom is -0.307 e. The molecule has 0 spiro atoms. The predicted octanol–water partition coefficient (Wildman–Crippen LogP) is 5.32. The Bertz CT molecular complexity index is 1310. The lowest BCUT2D eigenvalue weighted by Crippen LogP contribution is -1.99. The summed E-state index contributed by atoms with van der Waals surface area (Å²) in [4.78, 5) is 4.75. The van der Waals surface area contributed by atoms with Crippen molar-refractivity contribution in [1.29, 1.82) is 0 Å². The second-order valence-electron chi connectivity index (χ2n) is 6.93. The largest absolute Gasteiger partial charge is 0.307 e. The number of fused-ring (bicyclic) bond motifs is 1. The van der Waals surface area contributed by atoms with Gasteiger partial charge in [-0.1, -0.05) is 36.0 Å². The van der Waals surface area contributed by atoms with Crippen LogP contribution in [0, 0.1) is 12.7 Å². The molecule has 7 heteroatoms. The van der Waals surface area contributed by atoms with E-state index in [1.807, 2.05) is 57.8 Å². The Hall–Kier alpha value is -3.45. The molecule has 3 aromatic heterocycles. The van der Waals surface area contributed by atoms with Crippen molar-refractivity contribution in [2.45, 2.75) is 17.8 Å². The van der Waals surface area contributed by atoms with Gasteiger partial charge in [0, 0.05) is 29.4 Å². The number of imidazole rings is 1. The van der Waals surface area contributed by atoms with E-state index in [1.54, 1.807) is 23.9 Å². The van der Waals surface area contributed by atoms with Crippen LogP contribution in [-0.4, -0.2) is 24.1 Å². The highest BCUT2D eigenvalue weighted by molar-refractivity contribution is 7.98. The highest BCUT2D eigenvalue weighted by Gasteiger charge is 2.17. The summed E-state index contributed by atoms with van der Waals surface area (Å²) in [5.74, 6) is 1.06. The van der Waals surface area contributed by atoms with Crippen molar-refractivity contribution in [2.75, 3.05) is 0 Å². The van der Waals surface area contributed by atoms with Crippen LogP contribution in [0.15, 0.2) is 84.3 Å². The van der Waals surface area contributed by atoms with Gasteiger partial charge in [0.2, 0.25) is 0 Å². The lowest BCUT2D eigenvalue weighted by atomic mass is 10.2. The minimum absolute atomic E-state index is 0.277. The van der Waals surface area contributed by atoms with E-state index in [0.717, 1.165) is 33.3 Å². The number of para-hydroxylation sites is 1. The van der Waals surface area contributed by atoms with Gasteiger partial charge in [-0.2, -0.15) is 0 Å². The van der Waals surface area contributed by atoms with Gasteiger partial charge in [-0.05, 0) is 55.0 Å². The Kier molecular flexibility index (Phi) is 4.80. The van der Waals surface area contributed by atoms with Gasteiger partial charge in [-0.25, -0.2) is 9.37 Å². The van der Waals surface area contributed by atoms with E-state index in [9.17, 15) is 4.39 Å². The molecule has 5 rings (SSSR count). The van der Waals surface area contributed by atoms with Crippen molar-refractivity contribution in [3.05, 3.63) is 96.2 Å². The third-order valence-corrected chi connectivity index (χ3v) is 5.79. The molecule has 0 saturated carbocycles. The molecule has 2 aromatic carbocycles. The van der Waals surface area contributed by atoms with Crippen LogP contribution in [0.4, 0.5) is 4.39 Å². The molecular weight excluding hydrogens is 397 g/mol. The fraction of sp³-hybridized carbons (Fsp3) is 0.0870. The maximum atomic E-state index is 13.4. The molecule has 30 heavy (non-hydrogen) atoms. The standard InChI is InChI=1S/C23H18FN5S/c1-16-6-5-13-28-14-19(25-21(16)28)15-30-23-27-26-22(17-9-11-18(24)12-10-17)29(23)20-7-3-2-4-8-20/h2-14H,15H2,1H3. The van der Waals surface area contributed by atoms with E-state index in [0.29, 0.717) is 11.6 Å². The number of benzene rings is 2. The first kappa shape index (κ1) is 18.6. The van der Waals surface area contributed by atoms with Crippen molar-refractivity contribution in [1.82, 2.24) is 24.1 Å². The quantitative estimate of drug-likeness (QED) is 0.365. The number of rotatable bonds is 5. The summed E-state index contributed by atoms with van der Waals surface area (Å²) in [5, 5.41) is 9.59. The first-order valence-corrected chi connectivity index (χ1v) is 10.5. The Morgan fingerprint density at radius 3 is 2.50 bits per heavy atom. The molecule has 0 atom stereocenters. The molecule has 0 aliphatic rings. The lowest BCUT2D eigenvalue weighted by Gasteiger charge is -2.10. The summed E-state index contributed by atoms with van der Waals surface area (Å²) in [6, 6.07) is 20.3. The van der Waals surface area contributed by atoms with Crippen LogP contribution in [0.25, 0.3) is 22.7 Å². The highest BCUT2D eigenvalue weighted by Crippen LogP contribution is 2.29. The molecule has 0 bridgehead atoms. The number of hydrogen-bond acceptors (Lipinski definition) is 4. The number of nitrogens with zero attached hydrogens (tertiary/aromatic N) is 5. The topological polar surface area (TPSA) is 48.0 Å². The maximum Gasteiger partial charge on any atom is 0.196 e. The normalized spacial score (nSPS) is 11.3. The van der Waals surface area contributed by atoms with Gasteiger partial charge in [0.25, 0.3) is 0 Å². The van der Waals surface area contributed by atoms with Crippen molar-refractivity contribution < 1.29 is 4.39 Å². The second-order valence-corrected chi connectivity index (χ2v) is 7.87. The van der Waals surface area contributed by atoms with Crippen molar-refractivity contribution in [3.8, 4) is 17.1 Å². The summed E-state index contributed by atoms with van der Waals surface area (Å²) in [6.45, 7) is 2.06. The summed E-state index contributed by atoms with van der Waals surface area (Å²) < 4.78 is 17.4. The van der Waals surface area contributed by atoms with Crippen LogP contribution < -0.4 is 0 Å². The molecule has 5 nitrogen and oxygen atoms in total. The average Bonchev–Trinajstić information content (AvgIpc) is 3.38. The molecule has 0 fully saturated rings. The van der Waals surface area contributed by atoms with Crippen LogP contribution in [0.3, 0.4) is 0 Å². The summed E-state index contributed by atoms with van der Waals surface area (Å²) in [7, 11) is 0. The van der Waals surface area contributed by atoms with Gasteiger partial charge in [0.15, 0.2) is 11.0 Å². The van der Waals surface area contributed by atoms with Gasteiger partial charge < -0.3 is 4.40 Å². The monoisotopic (exact) mass is 415 g/mol. The molecule has 0 N–H and O–H groups in total. The van der Waals surface area contributed by atoms with Crippen LogP contribution in [0.1, 0.15) is 11.3 Å². The molecule has 0 aliphatic carbocycles. The van der Waals surface area contributed by atoms with E-state index in [1.165, 1.54) is 12.1 Å². The van der Waals surface area contributed by atoms with E-state index < -0.39 is 0 Å². The van der Waals surface area contributed by atoms with Gasteiger partial charge in [0.1, 0.15) is 11.5 Å². The molecule has 148 valence electrons. The molecule has 5 aromatic rings. The fourth-order valence-electron chi connectivity index (χ4n) is 3.37. The van der Waals surface area contributed by atoms with Crippen LogP contribution in [0.2, 0.25) is 0 Å². The molecule has 0 unspecified atom stereocenters. The molecular formula is C23H18FN5S.